The average molecular weight is 307 g/mol. The van der Waals surface area contributed by atoms with E-state index in [1.54, 1.807) is 6.92 Å². The summed E-state index contributed by atoms with van der Waals surface area (Å²) in [6.45, 7) is 11.5. The van der Waals surface area contributed by atoms with Crippen LogP contribution in [0.3, 0.4) is 0 Å². The maximum atomic E-state index is 11.5. The predicted octanol–water partition coefficient (Wildman–Crippen LogP) is 3.33. The first kappa shape index (κ1) is 17.0. The maximum absolute atomic E-state index is 11.5. The summed E-state index contributed by atoms with van der Waals surface area (Å²) in [5.74, 6) is 4.25. The minimum absolute atomic E-state index is 0.167. The molecule has 1 fully saturated rings. The zero-order chi connectivity index (χ0) is 16.3. The first-order chi connectivity index (χ1) is 10.4. The Bertz CT molecular complexity index is 488. The van der Waals surface area contributed by atoms with Gasteiger partial charge in [-0.15, -0.1) is 0 Å². The summed E-state index contributed by atoms with van der Waals surface area (Å²) < 4.78 is 4.95. The first-order valence-electron chi connectivity index (χ1n) is 8.49. The smallest absolute Gasteiger partial charge is 0.313 e. The van der Waals surface area contributed by atoms with Crippen molar-refractivity contribution in [2.75, 3.05) is 6.61 Å². The van der Waals surface area contributed by atoms with Gasteiger partial charge in [0.05, 0.1) is 6.61 Å². The van der Waals surface area contributed by atoms with Crippen LogP contribution in [0, 0.1) is 23.7 Å². The Kier molecular flexibility index (Phi) is 5.59. The van der Waals surface area contributed by atoms with E-state index in [4.69, 9.17) is 4.74 Å². The zero-order valence-electron chi connectivity index (χ0n) is 14.4. The van der Waals surface area contributed by atoms with Gasteiger partial charge >= 0.3 is 5.97 Å². The lowest BCUT2D eigenvalue weighted by atomic mass is 9.65. The van der Waals surface area contributed by atoms with Crippen LogP contribution in [0.15, 0.2) is 0 Å². The van der Waals surface area contributed by atoms with Crippen LogP contribution in [0.25, 0.3) is 0 Å². The number of carbonyl (C=O) groups excluding carboxylic acids is 1. The van der Waals surface area contributed by atoms with Gasteiger partial charge in [-0.1, -0.05) is 27.7 Å². The Labute approximate surface area is 133 Å². The molecule has 5 heteroatoms. The lowest BCUT2D eigenvalue weighted by molar-refractivity contribution is -0.142. The molecule has 0 aromatic carbocycles. The average Bonchev–Trinajstić information content (AvgIpc) is 2.86. The lowest BCUT2D eigenvalue weighted by Crippen LogP contribution is -2.32. The molecule has 1 heterocycles. The standard InChI is InChI=1S/C17H29N3O2/c1-6-22-15(21)9-14-18-17(20-19-14)13(5)16-11(3)7-10(2)8-12(16)4/h10-13,16H,6-9H2,1-5H3,(H,18,19,20). The van der Waals surface area contributed by atoms with Gasteiger partial charge in [-0.2, -0.15) is 5.10 Å². The first-order valence-corrected chi connectivity index (χ1v) is 8.49. The topological polar surface area (TPSA) is 67.9 Å². The van der Waals surface area contributed by atoms with Crippen molar-refractivity contribution >= 4 is 5.97 Å². The highest BCUT2D eigenvalue weighted by molar-refractivity contribution is 5.71. The fraction of sp³-hybridized carbons (Fsp3) is 0.824. The molecule has 5 nitrogen and oxygen atoms in total. The summed E-state index contributed by atoms with van der Waals surface area (Å²) >= 11 is 0. The van der Waals surface area contributed by atoms with Crippen LogP contribution in [0.2, 0.25) is 0 Å². The lowest BCUT2D eigenvalue weighted by Gasteiger charge is -2.40. The summed E-state index contributed by atoms with van der Waals surface area (Å²) in [6, 6.07) is 0. The monoisotopic (exact) mass is 307 g/mol. The summed E-state index contributed by atoms with van der Waals surface area (Å²) in [5.41, 5.74) is 0. The second-order valence-corrected chi connectivity index (χ2v) is 7.02. The van der Waals surface area contributed by atoms with Crippen molar-refractivity contribution in [1.82, 2.24) is 15.2 Å². The van der Waals surface area contributed by atoms with Crippen LogP contribution in [0.4, 0.5) is 0 Å². The number of aromatic nitrogens is 3. The molecule has 0 spiro atoms. The number of rotatable bonds is 5. The fourth-order valence-corrected chi connectivity index (χ4v) is 4.34. The van der Waals surface area contributed by atoms with Crippen molar-refractivity contribution in [3.8, 4) is 0 Å². The molecule has 1 aromatic rings. The van der Waals surface area contributed by atoms with Gasteiger partial charge in [0, 0.05) is 5.92 Å². The van der Waals surface area contributed by atoms with Gasteiger partial charge < -0.3 is 4.74 Å². The molecular formula is C17H29N3O2. The SMILES string of the molecule is CCOC(=O)Cc1nc(C(C)C2C(C)CC(C)CC2C)n[nH]1. The summed E-state index contributed by atoms with van der Waals surface area (Å²) in [4.78, 5) is 16.1. The second kappa shape index (κ2) is 7.25. The minimum Gasteiger partial charge on any atom is -0.466 e. The van der Waals surface area contributed by atoms with Crippen LogP contribution in [0.1, 0.15) is 65.0 Å². The second-order valence-electron chi connectivity index (χ2n) is 7.02. The van der Waals surface area contributed by atoms with E-state index in [0.29, 0.717) is 36.1 Å². The Hall–Kier alpha value is -1.39. The third-order valence-corrected chi connectivity index (χ3v) is 5.01. The van der Waals surface area contributed by atoms with E-state index in [1.165, 1.54) is 12.8 Å². The highest BCUT2D eigenvalue weighted by Gasteiger charge is 2.36. The van der Waals surface area contributed by atoms with Gasteiger partial charge in [0.15, 0.2) is 5.82 Å². The third kappa shape index (κ3) is 3.87. The molecule has 0 radical (unpaired) electrons. The van der Waals surface area contributed by atoms with E-state index in [0.717, 1.165) is 11.7 Å². The molecule has 22 heavy (non-hydrogen) atoms. The Balaban J connectivity index is 2.05. The molecule has 124 valence electrons. The van der Waals surface area contributed by atoms with Gasteiger partial charge in [0.2, 0.25) is 0 Å². The van der Waals surface area contributed by atoms with Crippen LogP contribution >= 0.6 is 0 Å². The van der Waals surface area contributed by atoms with Crippen LogP contribution in [-0.2, 0) is 16.0 Å². The van der Waals surface area contributed by atoms with Crippen LogP contribution < -0.4 is 0 Å². The minimum atomic E-state index is -0.258. The van der Waals surface area contributed by atoms with Crippen molar-refractivity contribution in [2.45, 2.75) is 59.8 Å². The molecule has 1 aliphatic rings. The number of hydrogen-bond donors (Lipinski definition) is 1. The molecule has 2 rings (SSSR count). The largest absolute Gasteiger partial charge is 0.466 e. The van der Waals surface area contributed by atoms with E-state index in [9.17, 15) is 4.79 Å². The predicted molar refractivity (Wildman–Crippen MR) is 85.4 cm³/mol. The number of ether oxygens (including phenoxy) is 1. The van der Waals surface area contributed by atoms with Crippen molar-refractivity contribution < 1.29 is 9.53 Å². The van der Waals surface area contributed by atoms with Crippen molar-refractivity contribution in [2.24, 2.45) is 23.7 Å². The number of carbonyl (C=O) groups is 1. The number of H-pyrrole nitrogens is 1. The number of nitrogens with one attached hydrogen (secondary N) is 1. The number of hydrogen-bond acceptors (Lipinski definition) is 4. The van der Waals surface area contributed by atoms with Gasteiger partial charge in [-0.25, -0.2) is 4.98 Å². The van der Waals surface area contributed by atoms with E-state index in [2.05, 4.69) is 42.9 Å². The molecule has 0 saturated heterocycles. The van der Waals surface area contributed by atoms with Crippen LogP contribution in [-0.4, -0.2) is 27.8 Å². The molecule has 1 saturated carbocycles. The highest BCUT2D eigenvalue weighted by Crippen LogP contribution is 2.44. The Morgan fingerprint density at radius 3 is 2.55 bits per heavy atom. The maximum Gasteiger partial charge on any atom is 0.313 e. The molecule has 1 aliphatic carbocycles. The quantitative estimate of drug-likeness (QED) is 0.847. The number of aromatic amines is 1. The van der Waals surface area contributed by atoms with E-state index in [-0.39, 0.29) is 12.4 Å². The molecule has 1 N–H and O–H groups in total. The van der Waals surface area contributed by atoms with Gasteiger partial charge in [-0.3, -0.25) is 9.89 Å². The Morgan fingerprint density at radius 1 is 1.32 bits per heavy atom. The molecule has 0 bridgehead atoms. The molecular weight excluding hydrogens is 278 g/mol. The van der Waals surface area contributed by atoms with Gasteiger partial charge in [0.25, 0.3) is 0 Å². The Morgan fingerprint density at radius 2 is 1.95 bits per heavy atom. The normalized spacial score (nSPS) is 30.0. The van der Waals surface area contributed by atoms with Gasteiger partial charge in [0.1, 0.15) is 12.2 Å². The van der Waals surface area contributed by atoms with Crippen molar-refractivity contribution in [3.63, 3.8) is 0 Å². The zero-order valence-corrected chi connectivity index (χ0v) is 14.4. The number of nitrogens with zero attached hydrogens (tertiary/aromatic N) is 2. The molecule has 1 aromatic heterocycles. The van der Waals surface area contributed by atoms with Crippen molar-refractivity contribution in [3.05, 3.63) is 11.6 Å². The molecule has 0 aliphatic heterocycles. The number of esters is 1. The molecule has 3 atom stereocenters. The molecule has 3 unspecified atom stereocenters. The van der Waals surface area contributed by atoms with E-state index >= 15 is 0 Å². The van der Waals surface area contributed by atoms with Gasteiger partial charge in [-0.05, 0) is 43.4 Å². The fourth-order valence-electron chi connectivity index (χ4n) is 4.34. The third-order valence-electron chi connectivity index (χ3n) is 5.01. The molecule has 0 amide bonds. The van der Waals surface area contributed by atoms with Crippen molar-refractivity contribution in [1.29, 1.82) is 0 Å². The van der Waals surface area contributed by atoms with Crippen LogP contribution in [0.5, 0.6) is 0 Å². The van der Waals surface area contributed by atoms with E-state index < -0.39 is 0 Å². The summed E-state index contributed by atoms with van der Waals surface area (Å²) in [5, 5.41) is 7.24. The summed E-state index contributed by atoms with van der Waals surface area (Å²) in [7, 11) is 0. The highest BCUT2D eigenvalue weighted by atomic mass is 16.5. The van der Waals surface area contributed by atoms with E-state index in [1.807, 2.05) is 0 Å². The summed E-state index contributed by atoms with van der Waals surface area (Å²) in [6.07, 6.45) is 2.72.